The van der Waals surface area contributed by atoms with Crippen molar-refractivity contribution < 1.29 is 9.21 Å². The van der Waals surface area contributed by atoms with Crippen LogP contribution in [0.4, 0.5) is 0 Å². The normalized spacial score (nSPS) is 11.7. The second-order valence-corrected chi connectivity index (χ2v) is 4.12. The van der Waals surface area contributed by atoms with Gasteiger partial charge in [-0.2, -0.15) is 0 Å². The Morgan fingerprint density at radius 1 is 1.43 bits per heavy atom. The molecule has 1 heterocycles. The Morgan fingerprint density at radius 3 is 2.50 bits per heavy atom. The molecular weight excluding hydrogens is 182 g/mol. The van der Waals surface area contributed by atoms with E-state index in [4.69, 9.17) is 4.42 Å². The van der Waals surface area contributed by atoms with Gasteiger partial charge in [-0.15, -0.1) is 10.2 Å². The van der Waals surface area contributed by atoms with Crippen LogP contribution in [0.5, 0.6) is 0 Å². The lowest BCUT2D eigenvalue weighted by atomic mass is 9.97. The highest BCUT2D eigenvalue weighted by Gasteiger charge is 2.23. The van der Waals surface area contributed by atoms with E-state index in [9.17, 15) is 4.79 Å². The van der Waals surface area contributed by atoms with E-state index in [0.717, 1.165) is 0 Å². The molecule has 0 atom stereocenters. The van der Waals surface area contributed by atoms with Crippen LogP contribution in [-0.4, -0.2) is 29.6 Å². The molecule has 1 aromatic heterocycles. The first-order valence-electron chi connectivity index (χ1n) is 4.47. The van der Waals surface area contributed by atoms with Gasteiger partial charge in [-0.3, -0.25) is 4.79 Å². The van der Waals surface area contributed by atoms with Crippen LogP contribution < -0.4 is 5.32 Å². The zero-order valence-corrected chi connectivity index (χ0v) is 8.92. The summed E-state index contributed by atoms with van der Waals surface area (Å²) >= 11 is 0. The summed E-state index contributed by atoms with van der Waals surface area (Å²) in [6, 6.07) is 0. The van der Waals surface area contributed by atoms with Gasteiger partial charge in [0.05, 0.1) is 6.54 Å². The molecule has 1 rings (SSSR count). The predicted molar refractivity (Wildman–Crippen MR) is 51.3 cm³/mol. The quantitative estimate of drug-likeness (QED) is 0.725. The van der Waals surface area contributed by atoms with Crippen LogP contribution in [0.15, 0.2) is 4.42 Å². The Balaban J connectivity index is 2.83. The molecule has 0 aliphatic carbocycles. The molecule has 0 aliphatic rings. The number of hydrogen-bond donors (Lipinski definition) is 1. The monoisotopic (exact) mass is 197 g/mol. The highest BCUT2D eigenvalue weighted by atomic mass is 16.4. The lowest BCUT2D eigenvalue weighted by Crippen LogP contribution is -2.18. The Morgan fingerprint density at radius 2 is 2.07 bits per heavy atom. The summed E-state index contributed by atoms with van der Waals surface area (Å²) in [5.41, 5.74) is -0.217. The number of aromatic nitrogens is 2. The Kier molecular flexibility index (Phi) is 3.00. The maximum absolute atomic E-state index is 11.3. The van der Waals surface area contributed by atoms with Crippen molar-refractivity contribution in [1.82, 2.24) is 15.5 Å². The fourth-order valence-electron chi connectivity index (χ4n) is 0.875. The first-order valence-corrected chi connectivity index (χ1v) is 4.47. The minimum absolute atomic E-state index is 0.0734. The van der Waals surface area contributed by atoms with E-state index in [2.05, 4.69) is 15.5 Å². The van der Waals surface area contributed by atoms with E-state index in [1.165, 1.54) is 0 Å². The summed E-state index contributed by atoms with van der Waals surface area (Å²) in [7, 11) is 1.69. The Hall–Kier alpha value is -1.23. The molecule has 0 saturated heterocycles. The van der Waals surface area contributed by atoms with Crippen molar-refractivity contribution >= 4 is 5.78 Å². The molecule has 0 aliphatic heterocycles. The molecule has 0 radical (unpaired) electrons. The minimum atomic E-state index is -0.217. The molecule has 1 aromatic rings. The van der Waals surface area contributed by atoms with E-state index in [-0.39, 0.29) is 23.6 Å². The number of nitrogens with zero attached hydrogens (tertiary/aromatic N) is 2. The van der Waals surface area contributed by atoms with Crippen LogP contribution in [0.1, 0.15) is 37.3 Å². The van der Waals surface area contributed by atoms with Gasteiger partial charge in [0, 0.05) is 5.41 Å². The smallest absolute Gasteiger partial charge is 0.285 e. The molecule has 0 fully saturated rings. The standard InChI is InChI=1S/C9H15N3O2/c1-9(2,3)8-12-11-7(14-8)6(13)5-10-4/h10H,5H2,1-4H3. The lowest BCUT2D eigenvalue weighted by Gasteiger charge is -2.10. The van der Waals surface area contributed by atoms with Gasteiger partial charge in [0.2, 0.25) is 11.7 Å². The summed E-state index contributed by atoms with van der Waals surface area (Å²) in [5, 5.41) is 10.3. The van der Waals surface area contributed by atoms with Crippen molar-refractivity contribution in [3.63, 3.8) is 0 Å². The number of hydrogen-bond acceptors (Lipinski definition) is 5. The van der Waals surface area contributed by atoms with Crippen LogP contribution in [0, 0.1) is 0 Å². The van der Waals surface area contributed by atoms with Crippen molar-refractivity contribution in [3.05, 3.63) is 11.8 Å². The molecule has 0 aromatic carbocycles. The average Bonchev–Trinajstić information content (AvgIpc) is 2.51. The minimum Gasteiger partial charge on any atom is -0.418 e. The molecule has 14 heavy (non-hydrogen) atoms. The van der Waals surface area contributed by atoms with Crippen LogP contribution in [-0.2, 0) is 5.41 Å². The van der Waals surface area contributed by atoms with Gasteiger partial charge >= 0.3 is 0 Å². The summed E-state index contributed by atoms with van der Waals surface area (Å²) < 4.78 is 5.25. The zero-order chi connectivity index (χ0) is 10.8. The van der Waals surface area contributed by atoms with Crippen molar-refractivity contribution in [2.45, 2.75) is 26.2 Å². The fourth-order valence-corrected chi connectivity index (χ4v) is 0.875. The molecule has 0 spiro atoms. The van der Waals surface area contributed by atoms with Gasteiger partial charge in [-0.05, 0) is 7.05 Å². The second kappa shape index (κ2) is 3.88. The predicted octanol–water partition coefficient (Wildman–Crippen LogP) is 0.769. The third kappa shape index (κ3) is 2.38. The summed E-state index contributed by atoms with van der Waals surface area (Å²) in [6.07, 6.45) is 0. The largest absolute Gasteiger partial charge is 0.418 e. The first kappa shape index (κ1) is 10.8. The van der Waals surface area contributed by atoms with Crippen molar-refractivity contribution in [2.24, 2.45) is 0 Å². The average molecular weight is 197 g/mol. The van der Waals surface area contributed by atoms with E-state index in [0.29, 0.717) is 5.89 Å². The molecule has 0 amide bonds. The molecular formula is C9H15N3O2. The van der Waals surface area contributed by atoms with E-state index >= 15 is 0 Å². The van der Waals surface area contributed by atoms with Gasteiger partial charge in [0.15, 0.2) is 0 Å². The molecule has 5 nitrogen and oxygen atoms in total. The number of ketones is 1. The van der Waals surface area contributed by atoms with Crippen molar-refractivity contribution in [3.8, 4) is 0 Å². The third-order valence-electron chi connectivity index (χ3n) is 1.64. The third-order valence-corrected chi connectivity index (χ3v) is 1.64. The van der Waals surface area contributed by atoms with E-state index in [1.807, 2.05) is 20.8 Å². The SMILES string of the molecule is CNCC(=O)c1nnc(C(C)(C)C)o1. The Labute approximate surface area is 82.9 Å². The molecule has 0 saturated carbocycles. The molecule has 1 N–H and O–H groups in total. The van der Waals surface area contributed by atoms with Gasteiger partial charge in [-0.25, -0.2) is 0 Å². The van der Waals surface area contributed by atoms with Crippen LogP contribution >= 0.6 is 0 Å². The molecule has 0 unspecified atom stereocenters. The van der Waals surface area contributed by atoms with Crippen molar-refractivity contribution in [1.29, 1.82) is 0 Å². The number of nitrogens with one attached hydrogen (secondary N) is 1. The fraction of sp³-hybridized carbons (Fsp3) is 0.667. The molecule has 5 heteroatoms. The van der Waals surface area contributed by atoms with Gasteiger partial charge in [0.1, 0.15) is 0 Å². The molecule has 0 bridgehead atoms. The van der Waals surface area contributed by atoms with Gasteiger partial charge in [-0.1, -0.05) is 20.8 Å². The number of carbonyl (C=O) groups excluding carboxylic acids is 1. The van der Waals surface area contributed by atoms with Crippen LogP contribution in [0.3, 0.4) is 0 Å². The number of likely N-dealkylation sites (N-methyl/N-ethyl adjacent to an activating group) is 1. The van der Waals surface area contributed by atoms with Crippen LogP contribution in [0.25, 0.3) is 0 Å². The second-order valence-electron chi connectivity index (χ2n) is 4.12. The maximum atomic E-state index is 11.3. The van der Waals surface area contributed by atoms with Gasteiger partial charge < -0.3 is 9.73 Å². The molecule has 78 valence electrons. The van der Waals surface area contributed by atoms with E-state index in [1.54, 1.807) is 7.05 Å². The number of carbonyl (C=O) groups is 1. The summed E-state index contributed by atoms with van der Waals surface area (Å²) in [6.45, 7) is 6.07. The number of Topliss-reactive ketones (excluding diaryl/α,β-unsaturated/α-hetero) is 1. The van der Waals surface area contributed by atoms with E-state index < -0.39 is 0 Å². The first-order chi connectivity index (χ1) is 6.45. The zero-order valence-electron chi connectivity index (χ0n) is 8.92. The summed E-state index contributed by atoms with van der Waals surface area (Å²) in [4.78, 5) is 11.3. The van der Waals surface area contributed by atoms with Crippen molar-refractivity contribution in [2.75, 3.05) is 13.6 Å². The highest BCUT2D eigenvalue weighted by Crippen LogP contribution is 2.20. The highest BCUT2D eigenvalue weighted by molar-refractivity contribution is 5.93. The number of rotatable bonds is 3. The maximum Gasteiger partial charge on any atom is 0.285 e. The topological polar surface area (TPSA) is 68.0 Å². The van der Waals surface area contributed by atoms with Gasteiger partial charge in [0.25, 0.3) is 5.89 Å². The lowest BCUT2D eigenvalue weighted by molar-refractivity contribution is 0.0957. The van der Waals surface area contributed by atoms with Crippen LogP contribution in [0.2, 0.25) is 0 Å². The Bertz CT molecular complexity index is 325. The summed E-state index contributed by atoms with van der Waals surface area (Å²) in [5.74, 6) is 0.372.